The molecule has 0 aliphatic carbocycles. The predicted molar refractivity (Wildman–Crippen MR) is 139 cm³/mol. The summed E-state index contributed by atoms with van der Waals surface area (Å²) in [6.07, 6.45) is -1.47. The second-order valence-corrected chi connectivity index (χ2v) is 9.43. The molecule has 0 radical (unpaired) electrons. The Kier molecular flexibility index (Phi) is 6.81. The number of anilines is 1. The summed E-state index contributed by atoms with van der Waals surface area (Å²) in [4.78, 5) is 20.4. The summed E-state index contributed by atoms with van der Waals surface area (Å²) in [6, 6.07) is 12.5. The van der Waals surface area contributed by atoms with Crippen molar-refractivity contribution in [1.82, 2.24) is 14.1 Å². The topological polar surface area (TPSA) is 61.5 Å². The summed E-state index contributed by atoms with van der Waals surface area (Å²) in [6.45, 7) is 3.14. The average molecular weight is 527 g/mol. The first-order valence-electron chi connectivity index (χ1n) is 12.4. The molecule has 7 nitrogen and oxygen atoms in total. The molecule has 4 aromatic rings. The van der Waals surface area contributed by atoms with E-state index in [0.717, 1.165) is 17.3 Å². The van der Waals surface area contributed by atoms with Crippen molar-refractivity contribution >= 4 is 16.7 Å². The molecule has 0 saturated carbocycles. The average Bonchev–Trinajstić information content (AvgIpc) is 3.19. The highest BCUT2D eigenvalue weighted by Gasteiger charge is 2.34. The van der Waals surface area contributed by atoms with Gasteiger partial charge >= 0.3 is 11.9 Å². The van der Waals surface area contributed by atoms with E-state index in [1.165, 1.54) is 23.8 Å². The molecule has 3 heterocycles. The Hall–Kier alpha value is -3.95. The van der Waals surface area contributed by atoms with Gasteiger partial charge in [-0.2, -0.15) is 13.2 Å². The van der Waals surface area contributed by atoms with Crippen molar-refractivity contribution in [1.29, 1.82) is 0 Å². The Bertz CT molecular complexity index is 1520. The van der Waals surface area contributed by atoms with Crippen molar-refractivity contribution in [2.45, 2.75) is 38.5 Å². The van der Waals surface area contributed by atoms with Crippen molar-refractivity contribution in [3.63, 3.8) is 0 Å². The largest absolute Gasteiger partial charge is 0.494 e. The third kappa shape index (κ3) is 4.48. The minimum atomic E-state index is -4.53. The number of rotatable bonds is 6. The fraction of sp³-hybridized carbons (Fsp3) is 0.357. The van der Waals surface area contributed by atoms with Crippen LogP contribution in [0.4, 0.5) is 18.9 Å². The minimum absolute atomic E-state index is 0.0287. The number of benzene rings is 2. The van der Waals surface area contributed by atoms with Gasteiger partial charge in [-0.25, -0.2) is 9.78 Å². The predicted octanol–water partition coefficient (Wildman–Crippen LogP) is 5.43. The van der Waals surface area contributed by atoms with Gasteiger partial charge in [-0.3, -0.25) is 9.13 Å². The second kappa shape index (κ2) is 10.1. The number of pyridine rings is 1. The minimum Gasteiger partial charge on any atom is -0.494 e. The highest BCUT2D eigenvalue weighted by molar-refractivity contribution is 5.83. The number of nitrogens with zero attached hydrogens (tertiary/aromatic N) is 4. The van der Waals surface area contributed by atoms with E-state index in [9.17, 15) is 18.0 Å². The Morgan fingerprint density at radius 2 is 1.74 bits per heavy atom. The van der Waals surface area contributed by atoms with Gasteiger partial charge in [0.2, 0.25) is 5.88 Å². The summed E-state index contributed by atoms with van der Waals surface area (Å²) in [7, 11) is 3.09. The zero-order valence-corrected chi connectivity index (χ0v) is 21.5. The van der Waals surface area contributed by atoms with Gasteiger partial charge in [0.1, 0.15) is 17.0 Å². The molecular weight excluding hydrogens is 497 g/mol. The van der Waals surface area contributed by atoms with E-state index in [2.05, 4.69) is 9.88 Å². The normalized spacial score (nSPS) is 14.7. The fourth-order valence-electron chi connectivity index (χ4n) is 5.48. The van der Waals surface area contributed by atoms with Crippen LogP contribution >= 0.6 is 0 Å². The Balaban J connectivity index is 1.54. The third-order valence-electron chi connectivity index (χ3n) is 7.25. The molecule has 5 rings (SSSR count). The Labute approximate surface area is 218 Å². The van der Waals surface area contributed by atoms with Crippen molar-refractivity contribution < 1.29 is 22.6 Å². The van der Waals surface area contributed by atoms with E-state index in [1.807, 2.05) is 19.1 Å². The molecule has 2 aromatic heterocycles. The van der Waals surface area contributed by atoms with Crippen LogP contribution < -0.4 is 20.1 Å². The molecule has 0 spiro atoms. The zero-order chi connectivity index (χ0) is 27.0. The zero-order valence-electron chi connectivity index (χ0n) is 21.5. The number of aryl methyl sites for hydroxylation is 1. The van der Waals surface area contributed by atoms with Crippen molar-refractivity contribution in [3.8, 4) is 11.6 Å². The lowest BCUT2D eigenvalue weighted by Crippen LogP contribution is -2.38. The number of halogens is 3. The summed E-state index contributed by atoms with van der Waals surface area (Å²) < 4.78 is 55.3. The van der Waals surface area contributed by atoms with Gasteiger partial charge in [0.05, 0.1) is 31.8 Å². The van der Waals surface area contributed by atoms with E-state index in [4.69, 9.17) is 9.47 Å². The highest BCUT2D eigenvalue weighted by Crippen LogP contribution is 2.37. The molecule has 2 aromatic carbocycles. The lowest BCUT2D eigenvalue weighted by Gasteiger charge is -2.35. The molecule has 200 valence electrons. The number of ether oxygens (including phenoxy) is 2. The van der Waals surface area contributed by atoms with E-state index in [0.29, 0.717) is 48.6 Å². The van der Waals surface area contributed by atoms with Crippen LogP contribution in [0.15, 0.2) is 59.5 Å². The van der Waals surface area contributed by atoms with E-state index in [-0.39, 0.29) is 23.8 Å². The number of hydrogen-bond donors (Lipinski definition) is 0. The summed E-state index contributed by atoms with van der Waals surface area (Å²) in [5.41, 5.74) is 2.05. The smallest absolute Gasteiger partial charge is 0.416 e. The monoisotopic (exact) mass is 526 g/mol. The van der Waals surface area contributed by atoms with Crippen LogP contribution in [0.1, 0.15) is 35.6 Å². The van der Waals surface area contributed by atoms with Crippen LogP contribution in [0.5, 0.6) is 11.6 Å². The highest BCUT2D eigenvalue weighted by atomic mass is 19.4. The number of para-hydroxylation sites is 1. The van der Waals surface area contributed by atoms with Crippen molar-refractivity contribution in [2.75, 3.05) is 32.2 Å². The molecular formula is C28H29F3N4O3. The Morgan fingerprint density at radius 1 is 1.00 bits per heavy atom. The molecule has 10 heteroatoms. The van der Waals surface area contributed by atoms with E-state index in [1.54, 1.807) is 36.1 Å². The third-order valence-corrected chi connectivity index (χ3v) is 7.25. The SMILES string of the molecule is COc1nccc(C)c1N1CCC(n2c(=O)n(Cc3ccccc3C(F)(F)F)c3c(OC)cccc32)CC1. The molecule has 0 N–H and O–H groups in total. The second-order valence-electron chi connectivity index (χ2n) is 9.43. The summed E-state index contributed by atoms with van der Waals surface area (Å²) >= 11 is 0. The van der Waals surface area contributed by atoms with Crippen LogP contribution in [-0.4, -0.2) is 41.4 Å². The lowest BCUT2D eigenvalue weighted by atomic mass is 10.0. The van der Waals surface area contributed by atoms with Crippen LogP contribution in [-0.2, 0) is 12.7 Å². The molecule has 0 atom stereocenters. The lowest BCUT2D eigenvalue weighted by molar-refractivity contribution is -0.138. The number of imidazole rings is 1. The first kappa shape index (κ1) is 25.7. The van der Waals surface area contributed by atoms with E-state index < -0.39 is 11.7 Å². The maximum absolute atomic E-state index is 13.9. The van der Waals surface area contributed by atoms with Crippen molar-refractivity contribution in [3.05, 3.63) is 81.9 Å². The van der Waals surface area contributed by atoms with Crippen LogP contribution in [0, 0.1) is 6.92 Å². The standard InChI is InChI=1S/C28H29F3N4O3/c1-18-11-14-32-26(38-3)24(18)33-15-12-20(13-16-33)35-22-9-6-10-23(37-2)25(22)34(27(35)36)17-19-7-4-5-8-21(19)28(29,30)31/h4-11,14,20H,12-13,15-17H2,1-3H3. The first-order valence-corrected chi connectivity index (χ1v) is 12.4. The molecule has 38 heavy (non-hydrogen) atoms. The molecule has 1 fully saturated rings. The summed E-state index contributed by atoms with van der Waals surface area (Å²) in [5, 5.41) is 0. The number of alkyl halides is 3. The maximum atomic E-state index is 13.9. The van der Waals surface area contributed by atoms with Gasteiger partial charge in [-0.05, 0) is 55.2 Å². The molecule has 1 aliphatic heterocycles. The molecule has 0 amide bonds. The van der Waals surface area contributed by atoms with Crippen LogP contribution in [0.25, 0.3) is 11.0 Å². The molecule has 1 saturated heterocycles. The van der Waals surface area contributed by atoms with Crippen LogP contribution in [0.3, 0.4) is 0 Å². The van der Waals surface area contributed by atoms with Gasteiger partial charge in [0.25, 0.3) is 0 Å². The first-order chi connectivity index (χ1) is 18.2. The van der Waals surface area contributed by atoms with Gasteiger partial charge in [0, 0.05) is 25.3 Å². The molecule has 0 unspecified atom stereocenters. The van der Waals surface area contributed by atoms with Crippen LogP contribution in [0.2, 0.25) is 0 Å². The van der Waals surface area contributed by atoms with Gasteiger partial charge in [-0.15, -0.1) is 0 Å². The Morgan fingerprint density at radius 3 is 2.42 bits per heavy atom. The maximum Gasteiger partial charge on any atom is 0.416 e. The van der Waals surface area contributed by atoms with Gasteiger partial charge in [0.15, 0.2) is 0 Å². The molecule has 1 aliphatic rings. The van der Waals surface area contributed by atoms with Gasteiger partial charge < -0.3 is 14.4 Å². The van der Waals surface area contributed by atoms with Gasteiger partial charge in [-0.1, -0.05) is 24.3 Å². The van der Waals surface area contributed by atoms with E-state index >= 15 is 0 Å². The molecule has 0 bridgehead atoms. The number of hydrogen-bond acceptors (Lipinski definition) is 5. The number of aromatic nitrogens is 3. The fourth-order valence-corrected chi connectivity index (χ4v) is 5.48. The van der Waals surface area contributed by atoms with Crippen molar-refractivity contribution in [2.24, 2.45) is 0 Å². The number of methoxy groups -OCH3 is 2. The number of fused-ring (bicyclic) bond motifs is 1. The number of piperidine rings is 1. The summed E-state index contributed by atoms with van der Waals surface area (Å²) in [5.74, 6) is 1.00. The quantitative estimate of drug-likeness (QED) is 0.335.